The Labute approximate surface area is 156 Å². The number of pyridine rings is 1. The molecule has 0 amide bonds. The molecule has 0 aromatic carbocycles. The summed E-state index contributed by atoms with van der Waals surface area (Å²) in [6.07, 6.45) is 10.3. The van der Waals surface area contributed by atoms with Crippen molar-refractivity contribution in [1.82, 2.24) is 29.0 Å². The Bertz CT molecular complexity index is 1180. The van der Waals surface area contributed by atoms with Crippen LogP contribution in [0.2, 0.25) is 0 Å². The summed E-state index contributed by atoms with van der Waals surface area (Å²) in [7, 11) is 1.97. The van der Waals surface area contributed by atoms with Gasteiger partial charge in [-0.25, -0.2) is 14.5 Å². The maximum Gasteiger partial charge on any atom is 0.153 e. The van der Waals surface area contributed by atoms with Gasteiger partial charge < -0.3 is 4.40 Å². The van der Waals surface area contributed by atoms with E-state index in [1.807, 2.05) is 59.5 Å². The van der Waals surface area contributed by atoms with Crippen molar-refractivity contribution in [2.24, 2.45) is 5.10 Å². The number of hydrazone groups is 1. The number of nitrogens with zero attached hydrogens (tertiary/aromatic N) is 7. The zero-order valence-corrected chi connectivity index (χ0v) is 15.0. The van der Waals surface area contributed by atoms with E-state index < -0.39 is 0 Å². The van der Waals surface area contributed by atoms with Crippen LogP contribution in [0.15, 0.2) is 54.5 Å². The summed E-state index contributed by atoms with van der Waals surface area (Å²) in [5.41, 5.74) is 5.97. The Kier molecular flexibility index (Phi) is 3.53. The largest absolute Gasteiger partial charge is 0.300 e. The average molecular weight is 357 g/mol. The maximum atomic E-state index is 4.83. The van der Waals surface area contributed by atoms with Crippen LogP contribution in [-0.2, 0) is 6.42 Å². The molecule has 0 saturated carbocycles. The van der Waals surface area contributed by atoms with Gasteiger partial charge in [-0.15, -0.1) is 0 Å². The molecule has 1 atom stereocenters. The highest BCUT2D eigenvalue weighted by Crippen LogP contribution is 2.19. The molecule has 0 radical (unpaired) electrons. The highest BCUT2D eigenvalue weighted by atomic mass is 15.4. The van der Waals surface area contributed by atoms with Crippen LogP contribution in [0.3, 0.4) is 0 Å². The second-order valence-corrected chi connectivity index (χ2v) is 6.82. The van der Waals surface area contributed by atoms with Crippen molar-refractivity contribution in [3.8, 4) is 0 Å². The molecule has 134 valence electrons. The van der Waals surface area contributed by atoms with Gasteiger partial charge in [0.25, 0.3) is 0 Å². The molecule has 0 aliphatic carbocycles. The fourth-order valence-electron chi connectivity index (χ4n) is 3.50. The number of hydrogen-bond donors (Lipinski definition) is 0. The van der Waals surface area contributed by atoms with Gasteiger partial charge in [-0.05, 0) is 29.8 Å². The van der Waals surface area contributed by atoms with Gasteiger partial charge >= 0.3 is 0 Å². The van der Waals surface area contributed by atoms with Gasteiger partial charge in [-0.2, -0.15) is 10.2 Å². The zero-order valence-electron chi connectivity index (χ0n) is 15.0. The summed E-state index contributed by atoms with van der Waals surface area (Å²) in [5, 5.41) is 11.1. The minimum Gasteiger partial charge on any atom is -0.300 e. The molecule has 5 rings (SSSR count). The second kappa shape index (κ2) is 6.05. The molecule has 0 bridgehead atoms. The summed E-state index contributed by atoms with van der Waals surface area (Å²) >= 11 is 0. The first kappa shape index (κ1) is 15.7. The highest BCUT2D eigenvalue weighted by Gasteiger charge is 2.19. The standard InChI is InChI=1S/C20H19N7/c1-3-16-10-21-19-6-4-14(12-26(16)19)8-17-11-22-20-7-5-18(24-27(17)20)15-9-23-25(2)13-15/h3-7,9-12,15H,1,8,13H2,2H3. The average Bonchev–Trinajstić information content (AvgIpc) is 3.40. The molecule has 1 unspecified atom stereocenters. The van der Waals surface area contributed by atoms with Crippen LogP contribution in [0.5, 0.6) is 0 Å². The fourth-order valence-corrected chi connectivity index (χ4v) is 3.50. The van der Waals surface area contributed by atoms with Gasteiger partial charge in [0.05, 0.1) is 35.4 Å². The van der Waals surface area contributed by atoms with E-state index in [0.29, 0.717) is 0 Å². The SMILES string of the molecule is C=Cc1cnc2ccc(Cc3cnc4ccc(C5C=NN(C)C5)nn34)cn12. The number of likely N-dealkylation sites (N-methyl/N-ethyl adjacent to an activating group) is 1. The number of rotatable bonds is 4. The molecule has 7 heteroatoms. The lowest BCUT2D eigenvalue weighted by Gasteiger charge is -2.10. The summed E-state index contributed by atoms with van der Waals surface area (Å²) in [4.78, 5) is 8.89. The molecule has 27 heavy (non-hydrogen) atoms. The van der Waals surface area contributed by atoms with E-state index >= 15 is 0 Å². The first-order valence-corrected chi connectivity index (χ1v) is 8.88. The van der Waals surface area contributed by atoms with Crippen molar-refractivity contribution in [1.29, 1.82) is 0 Å². The molecule has 5 heterocycles. The van der Waals surface area contributed by atoms with Crippen molar-refractivity contribution < 1.29 is 0 Å². The molecule has 4 aromatic rings. The Balaban J connectivity index is 1.51. The van der Waals surface area contributed by atoms with Crippen LogP contribution in [0.25, 0.3) is 17.4 Å². The van der Waals surface area contributed by atoms with Crippen molar-refractivity contribution in [2.45, 2.75) is 12.3 Å². The molecule has 0 saturated heterocycles. The van der Waals surface area contributed by atoms with Gasteiger partial charge in [0.2, 0.25) is 0 Å². The van der Waals surface area contributed by atoms with Gasteiger partial charge in [0.1, 0.15) is 5.65 Å². The lowest BCUT2D eigenvalue weighted by Crippen LogP contribution is -2.14. The van der Waals surface area contributed by atoms with Crippen molar-refractivity contribution in [3.63, 3.8) is 0 Å². The van der Waals surface area contributed by atoms with Crippen molar-refractivity contribution in [2.75, 3.05) is 13.6 Å². The van der Waals surface area contributed by atoms with Crippen LogP contribution in [-0.4, -0.2) is 48.8 Å². The van der Waals surface area contributed by atoms with Gasteiger partial charge in [0, 0.05) is 32.4 Å². The Hall–Kier alpha value is -3.48. The molecule has 1 aliphatic heterocycles. The van der Waals surface area contributed by atoms with E-state index in [9.17, 15) is 0 Å². The normalized spacial score (nSPS) is 16.6. The van der Waals surface area contributed by atoms with E-state index in [1.165, 1.54) is 5.56 Å². The predicted molar refractivity (Wildman–Crippen MR) is 105 cm³/mol. The lowest BCUT2D eigenvalue weighted by molar-refractivity contribution is 0.379. The van der Waals surface area contributed by atoms with Crippen LogP contribution < -0.4 is 0 Å². The van der Waals surface area contributed by atoms with Gasteiger partial charge in [0.15, 0.2) is 5.65 Å². The molecular formula is C20H19N7. The van der Waals surface area contributed by atoms with Crippen LogP contribution in [0.1, 0.15) is 28.6 Å². The fraction of sp³-hybridized carbons (Fsp3) is 0.200. The van der Waals surface area contributed by atoms with Crippen LogP contribution in [0, 0.1) is 0 Å². The molecule has 7 nitrogen and oxygen atoms in total. The minimum atomic E-state index is 0.215. The van der Waals surface area contributed by atoms with E-state index in [2.05, 4.69) is 38.3 Å². The smallest absolute Gasteiger partial charge is 0.153 e. The third-order valence-corrected chi connectivity index (χ3v) is 4.93. The van der Waals surface area contributed by atoms with Crippen molar-refractivity contribution in [3.05, 3.63) is 72.1 Å². The van der Waals surface area contributed by atoms with E-state index in [4.69, 9.17) is 5.10 Å². The molecule has 4 aromatic heterocycles. The minimum absolute atomic E-state index is 0.215. The first-order chi connectivity index (χ1) is 13.2. The number of fused-ring (bicyclic) bond motifs is 2. The third kappa shape index (κ3) is 2.68. The topological polar surface area (TPSA) is 63.1 Å². The Morgan fingerprint density at radius 2 is 2.00 bits per heavy atom. The molecule has 0 N–H and O–H groups in total. The van der Waals surface area contributed by atoms with Crippen LogP contribution >= 0.6 is 0 Å². The highest BCUT2D eigenvalue weighted by molar-refractivity contribution is 5.69. The predicted octanol–water partition coefficient (Wildman–Crippen LogP) is 2.63. The molecular weight excluding hydrogens is 338 g/mol. The molecule has 0 spiro atoms. The summed E-state index contributed by atoms with van der Waals surface area (Å²) in [6, 6.07) is 8.18. The third-order valence-electron chi connectivity index (χ3n) is 4.93. The second-order valence-electron chi connectivity index (χ2n) is 6.82. The lowest BCUT2D eigenvalue weighted by atomic mass is 10.1. The Morgan fingerprint density at radius 1 is 1.15 bits per heavy atom. The monoisotopic (exact) mass is 357 g/mol. The summed E-state index contributed by atoms with van der Waals surface area (Å²) in [5.74, 6) is 0.215. The number of aromatic nitrogens is 5. The molecule has 1 aliphatic rings. The first-order valence-electron chi connectivity index (χ1n) is 8.88. The Morgan fingerprint density at radius 3 is 2.81 bits per heavy atom. The molecule has 0 fully saturated rings. The maximum absolute atomic E-state index is 4.83. The van der Waals surface area contributed by atoms with E-state index in [-0.39, 0.29) is 5.92 Å². The number of imidazole rings is 2. The summed E-state index contributed by atoms with van der Waals surface area (Å²) in [6.45, 7) is 4.70. The summed E-state index contributed by atoms with van der Waals surface area (Å²) < 4.78 is 3.99. The quantitative estimate of drug-likeness (QED) is 0.563. The van der Waals surface area contributed by atoms with Gasteiger partial charge in [-0.1, -0.05) is 12.6 Å². The van der Waals surface area contributed by atoms with E-state index in [1.54, 1.807) is 0 Å². The van der Waals surface area contributed by atoms with Crippen LogP contribution in [0.4, 0.5) is 0 Å². The van der Waals surface area contributed by atoms with E-state index in [0.717, 1.165) is 41.3 Å². The zero-order chi connectivity index (χ0) is 18.4. The number of hydrogen-bond acceptors (Lipinski definition) is 5. The van der Waals surface area contributed by atoms with Crippen molar-refractivity contribution >= 4 is 23.6 Å². The van der Waals surface area contributed by atoms with Gasteiger partial charge in [-0.3, -0.25) is 5.01 Å².